The fourth-order valence-electron chi connectivity index (χ4n) is 1.38. The maximum Gasteiger partial charge on any atom is 0.411 e. The second-order valence-electron chi connectivity index (χ2n) is 3.25. The Balaban J connectivity index is 2.43. The van der Waals surface area contributed by atoms with Gasteiger partial charge in [0.1, 0.15) is 10.3 Å². The summed E-state index contributed by atoms with van der Waals surface area (Å²) in [6.07, 6.45) is 1.28. The summed E-state index contributed by atoms with van der Waals surface area (Å²) in [5.41, 5.74) is 2.37. The first kappa shape index (κ1) is 10.9. The van der Waals surface area contributed by atoms with Gasteiger partial charge in [-0.2, -0.15) is 0 Å². The third kappa shape index (κ3) is 1.88. The lowest BCUT2D eigenvalue weighted by molar-refractivity contribution is 0.187. The summed E-state index contributed by atoms with van der Waals surface area (Å²) >= 11 is 3.42. The van der Waals surface area contributed by atoms with Gasteiger partial charge in [-0.1, -0.05) is 0 Å². The van der Waals surface area contributed by atoms with E-state index >= 15 is 0 Å². The third-order valence-electron chi connectivity index (χ3n) is 2.15. The van der Waals surface area contributed by atoms with Crippen LogP contribution in [0.15, 0.2) is 22.9 Å². The number of pyridine rings is 1. The van der Waals surface area contributed by atoms with E-state index in [0.717, 1.165) is 15.9 Å². The summed E-state index contributed by atoms with van der Waals surface area (Å²) in [7, 11) is 1.32. The summed E-state index contributed by atoms with van der Waals surface area (Å²) in [4.78, 5) is 15.4. The topological polar surface area (TPSA) is 55.6 Å². The number of carbonyl (C=O) groups is 1. The molecule has 2 heterocycles. The molecule has 0 aliphatic rings. The van der Waals surface area contributed by atoms with Gasteiger partial charge in [0, 0.05) is 6.20 Å². The van der Waals surface area contributed by atoms with Crippen LogP contribution in [0.3, 0.4) is 0 Å². The number of aromatic nitrogens is 2. The molecule has 5 nitrogen and oxygen atoms in total. The number of anilines is 1. The zero-order valence-electron chi connectivity index (χ0n) is 8.82. The number of nitrogens with zero attached hydrogens (tertiary/aromatic N) is 2. The van der Waals surface area contributed by atoms with Crippen LogP contribution >= 0.6 is 15.9 Å². The maximum absolute atomic E-state index is 11.0. The molecule has 0 spiro atoms. The first-order chi connectivity index (χ1) is 7.61. The molecule has 2 aromatic heterocycles. The number of hydrogen-bond donors (Lipinski definition) is 1. The molecular weight excluding hydrogens is 274 g/mol. The summed E-state index contributed by atoms with van der Waals surface area (Å²) in [5, 5.41) is 2.59. The summed E-state index contributed by atoms with van der Waals surface area (Å²) < 4.78 is 7.23. The average Bonchev–Trinajstić information content (AvgIpc) is 2.55. The molecule has 0 fully saturated rings. The molecule has 16 heavy (non-hydrogen) atoms. The molecule has 0 aliphatic carbocycles. The third-order valence-corrected chi connectivity index (χ3v) is 3.11. The van der Waals surface area contributed by atoms with Crippen molar-refractivity contribution in [2.24, 2.45) is 0 Å². The molecule has 1 amide bonds. The normalized spacial score (nSPS) is 10.4. The van der Waals surface area contributed by atoms with Crippen molar-refractivity contribution >= 4 is 33.4 Å². The van der Waals surface area contributed by atoms with Crippen LogP contribution in [-0.4, -0.2) is 22.6 Å². The molecule has 0 atom stereocenters. The van der Waals surface area contributed by atoms with Crippen molar-refractivity contribution in [2.45, 2.75) is 6.92 Å². The number of imidazole rings is 1. The second kappa shape index (κ2) is 4.13. The predicted octanol–water partition coefficient (Wildman–Crippen LogP) is 2.58. The summed E-state index contributed by atoms with van der Waals surface area (Å²) in [5.74, 6) is 0. The number of aryl methyl sites for hydroxylation is 1. The van der Waals surface area contributed by atoms with Crippen LogP contribution in [0.2, 0.25) is 0 Å². The molecule has 0 saturated heterocycles. The zero-order valence-corrected chi connectivity index (χ0v) is 10.4. The average molecular weight is 284 g/mol. The van der Waals surface area contributed by atoms with Gasteiger partial charge in [0.25, 0.3) is 0 Å². The number of hydrogen-bond acceptors (Lipinski definition) is 3. The second-order valence-corrected chi connectivity index (χ2v) is 4.00. The van der Waals surface area contributed by atoms with E-state index in [9.17, 15) is 4.79 Å². The van der Waals surface area contributed by atoms with Crippen LogP contribution in [-0.2, 0) is 4.74 Å². The Labute approximate surface area is 101 Å². The molecule has 0 bridgehead atoms. The first-order valence-corrected chi connectivity index (χ1v) is 5.40. The van der Waals surface area contributed by atoms with Gasteiger partial charge >= 0.3 is 6.09 Å². The Morgan fingerprint density at radius 1 is 1.56 bits per heavy atom. The van der Waals surface area contributed by atoms with Gasteiger partial charge < -0.3 is 4.74 Å². The van der Waals surface area contributed by atoms with Crippen molar-refractivity contribution in [1.82, 2.24) is 9.38 Å². The Morgan fingerprint density at radius 2 is 2.31 bits per heavy atom. The number of amides is 1. The molecular formula is C10H10BrN3O2. The zero-order chi connectivity index (χ0) is 11.7. The first-order valence-electron chi connectivity index (χ1n) is 4.61. The minimum atomic E-state index is -0.493. The minimum absolute atomic E-state index is 0.493. The largest absolute Gasteiger partial charge is 0.453 e. The van der Waals surface area contributed by atoms with Crippen molar-refractivity contribution in [1.29, 1.82) is 0 Å². The summed E-state index contributed by atoms with van der Waals surface area (Å²) in [6, 6.07) is 3.59. The van der Waals surface area contributed by atoms with E-state index < -0.39 is 6.09 Å². The number of methoxy groups -OCH3 is 1. The SMILES string of the molecule is COC(=O)Nc1ccc2nc(C)c(Br)n2c1. The van der Waals surface area contributed by atoms with Gasteiger partial charge in [-0.15, -0.1) is 0 Å². The van der Waals surface area contributed by atoms with Gasteiger partial charge in [0.15, 0.2) is 0 Å². The van der Waals surface area contributed by atoms with E-state index in [1.165, 1.54) is 7.11 Å². The monoisotopic (exact) mass is 283 g/mol. The van der Waals surface area contributed by atoms with Crippen molar-refractivity contribution in [3.63, 3.8) is 0 Å². The fraction of sp³-hybridized carbons (Fsp3) is 0.200. The smallest absolute Gasteiger partial charge is 0.411 e. The molecule has 2 rings (SSSR count). The fourth-order valence-corrected chi connectivity index (χ4v) is 1.75. The lowest BCUT2D eigenvalue weighted by Crippen LogP contribution is -2.11. The van der Waals surface area contributed by atoms with E-state index in [2.05, 4.69) is 31.0 Å². The molecule has 1 N–H and O–H groups in total. The van der Waals surface area contributed by atoms with Crippen LogP contribution in [0.4, 0.5) is 10.5 Å². The van der Waals surface area contributed by atoms with Crippen LogP contribution in [0.25, 0.3) is 5.65 Å². The van der Waals surface area contributed by atoms with E-state index in [4.69, 9.17) is 0 Å². The van der Waals surface area contributed by atoms with Crippen LogP contribution < -0.4 is 5.32 Å². The molecule has 84 valence electrons. The Morgan fingerprint density at radius 3 is 3.00 bits per heavy atom. The van der Waals surface area contributed by atoms with Crippen LogP contribution in [0.1, 0.15) is 5.69 Å². The highest BCUT2D eigenvalue weighted by molar-refractivity contribution is 9.10. The Kier molecular flexibility index (Phi) is 2.82. The van der Waals surface area contributed by atoms with Gasteiger partial charge in [-0.25, -0.2) is 9.78 Å². The number of rotatable bonds is 1. The van der Waals surface area contributed by atoms with Crippen molar-refractivity contribution < 1.29 is 9.53 Å². The molecule has 0 unspecified atom stereocenters. The molecule has 0 saturated carbocycles. The Hall–Kier alpha value is -1.56. The maximum atomic E-state index is 11.0. The quantitative estimate of drug-likeness (QED) is 0.875. The summed E-state index contributed by atoms with van der Waals surface area (Å²) in [6.45, 7) is 1.91. The highest BCUT2D eigenvalue weighted by Gasteiger charge is 2.07. The van der Waals surface area contributed by atoms with Crippen LogP contribution in [0.5, 0.6) is 0 Å². The lowest BCUT2D eigenvalue weighted by atomic mass is 10.4. The standard InChI is InChI=1S/C10H10BrN3O2/c1-6-9(11)14-5-7(13-10(15)16-2)3-4-8(14)12-6/h3-5H,1-2H3,(H,13,15). The number of nitrogens with one attached hydrogen (secondary N) is 1. The number of carbonyl (C=O) groups excluding carboxylic acids is 1. The molecule has 6 heteroatoms. The Bertz CT molecular complexity index is 550. The molecule has 0 radical (unpaired) electrons. The van der Waals surface area contributed by atoms with Gasteiger partial charge in [-0.3, -0.25) is 9.72 Å². The van der Waals surface area contributed by atoms with Crippen LogP contribution in [0, 0.1) is 6.92 Å². The predicted molar refractivity (Wildman–Crippen MR) is 63.7 cm³/mol. The van der Waals surface area contributed by atoms with Crippen molar-refractivity contribution in [2.75, 3.05) is 12.4 Å². The van der Waals surface area contributed by atoms with Gasteiger partial charge in [0.05, 0.1) is 18.5 Å². The van der Waals surface area contributed by atoms with Crippen molar-refractivity contribution in [3.8, 4) is 0 Å². The van der Waals surface area contributed by atoms with E-state index in [0.29, 0.717) is 5.69 Å². The van der Waals surface area contributed by atoms with Crippen molar-refractivity contribution in [3.05, 3.63) is 28.6 Å². The number of fused-ring (bicyclic) bond motifs is 1. The molecule has 2 aromatic rings. The molecule has 0 aromatic carbocycles. The lowest BCUT2D eigenvalue weighted by Gasteiger charge is -2.04. The van der Waals surface area contributed by atoms with E-state index in [1.54, 1.807) is 12.3 Å². The van der Waals surface area contributed by atoms with Gasteiger partial charge in [0.2, 0.25) is 0 Å². The minimum Gasteiger partial charge on any atom is -0.453 e. The number of halogens is 1. The highest BCUT2D eigenvalue weighted by atomic mass is 79.9. The van der Waals surface area contributed by atoms with E-state index in [-0.39, 0.29) is 0 Å². The van der Waals surface area contributed by atoms with Gasteiger partial charge in [-0.05, 0) is 35.0 Å². The number of ether oxygens (including phenoxy) is 1. The van der Waals surface area contributed by atoms with E-state index in [1.807, 2.05) is 17.4 Å². The molecule has 0 aliphatic heterocycles. The highest BCUT2D eigenvalue weighted by Crippen LogP contribution is 2.20.